The number of hydrogen-bond acceptors (Lipinski definition) is 3. The Kier molecular flexibility index (Phi) is 8.45. The number of nitrogens with zero attached hydrogens (tertiary/aromatic N) is 2. The number of carbonyl (C=O) groups is 2. The van der Waals surface area contributed by atoms with Crippen molar-refractivity contribution in [3.63, 3.8) is 0 Å². The van der Waals surface area contributed by atoms with Crippen LogP contribution in [-0.4, -0.2) is 34.8 Å². The van der Waals surface area contributed by atoms with E-state index in [1.807, 2.05) is 91.7 Å². The number of anilines is 1. The summed E-state index contributed by atoms with van der Waals surface area (Å²) in [7, 11) is 0. The smallest absolute Gasteiger partial charge is 0.322 e. The van der Waals surface area contributed by atoms with Gasteiger partial charge in [-0.15, -0.1) is 11.3 Å². The highest BCUT2D eigenvalue weighted by atomic mass is 32.1. The van der Waals surface area contributed by atoms with Crippen LogP contribution >= 0.6 is 11.3 Å². The van der Waals surface area contributed by atoms with Crippen molar-refractivity contribution in [2.24, 2.45) is 0 Å². The second-order valence-electron chi connectivity index (χ2n) is 7.98. The van der Waals surface area contributed by atoms with Crippen LogP contribution in [0.3, 0.4) is 0 Å². The molecule has 5 nitrogen and oxygen atoms in total. The lowest BCUT2D eigenvalue weighted by molar-refractivity contribution is -0.133. The minimum absolute atomic E-state index is 0.0444. The van der Waals surface area contributed by atoms with Crippen LogP contribution in [0.15, 0.2) is 66.0 Å². The predicted octanol–water partition coefficient (Wildman–Crippen LogP) is 5.84. The van der Waals surface area contributed by atoms with Crippen LogP contribution in [0.4, 0.5) is 10.5 Å². The van der Waals surface area contributed by atoms with Gasteiger partial charge in [-0.3, -0.25) is 4.79 Å². The lowest BCUT2D eigenvalue weighted by Gasteiger charge is -2.28. The van der Waals surface area contributed by atoms with E-state index in [-0.39, 0.29) is 18.5 Å². The largest absolute Gasteiger partial charge is 0.332 e. The molecule has 3 aromatic rings. The summed E-state index contributed by atoms with van der Waals surface area (Å²) in [6, 6.07) is 19.7. The molecular formula is C26H31N3O2S. The van der Waals surface area contributed by atoms with Crippen LogP contribution < -0.4 is 5.32 Å². The van der Waals surface area contributed by atoms with E-state index >= 15 is 0 Å². The summed E-state index contributed by atoms with van der Waals surface area (Å²) in [5, 5.41) is 5.00. The van der Waals surface area contributed by atoms with E-state index in [0.717, 1.165) is 33.7 Å². The van der Waals surface area contributed by atoms with Gasteiger partial charge < -0.3 is 15.1 Å². The molecule has 3 amide bonds. The molecule has 0 bridgehead atoms. The number of amides is 3. The molecule has 1 N–H and O–H groups in total. The third-order valence-electron chi connectivity index (χ3n) is 5.23. The average Bonchev–Trinajstić information content (AvgIpc) is 3.29. The monoisotopic (exact) mass is 449 g/mol. The van der Waals surface area contributed by atoms with E-state index in [0.29, 0.717) is 19.6 Å². The minimum Gasteiger partial charge on any atom is -0.332 e. The van der Waals surface area contributed by atoms with Crippen molar-refractivity contribution in [2.75, 3.05) is 18.4 Å². The number of nitrogens with one attached hydrogen (secondary N) is 1. The van der Waals surface area contributed by atoms with Crippen molar-refractivity contribution in [3.05, 3.63) is 87.6 Å². The first-order valence-electron chi connectivity index (χ1n) is 10.9. The summed E-state index contributed by atoms with van der Waals surface area (Å²) in [5.74, 6) is -0.0634. The zero-order chi connectivity index (χ0) is 22.9. The Labute approximate surface area is 194 Å². The number of benzene rings is 2. The topological polar surface area (TPSA) is 52.7 Å². The maximum Gasteiger partial charge on any atom is 0.322 e. The first kappa shape index (κ1) is 23.5. The SMILES string of the molecule is CCCN(CC(=O)N(Cc1ccccc1)Cc1cccs1)C(=O)Nc1ccc(C)cc1C. The van der Waals surface area contributed by atoms with Gasteiger partial charge in [-0.25, -0.2) is 4.79 Å². The fraction of sp³-hybridized carbons (Fsp3) is 0.308. The van der Waals surface area contributed by atoms with Crippen molar-refractivity contribution in [1.82, 2.24) is 9.80 Å². The Morgan fingerprint density at radius 1 is 0.938 bits per heavy atom. The fourth-order valence-electron chi connectivity index (χ4n) is 3.56. The number of thiophene rings is 1. The molecule has 0 aliphatic heterocycles. The van der Waals surface area contributed by atoms with E-state index in [2.05, 4.69) is 5.32 Å². The number of rotatable bonds is 9. The second kappa shape index (κ2) is 11.5. The molecule has 0 radical (unpaired) electrons. The highest BCUT2D eigenvalue weighted by Crippen LogP contribution is 2.18. The summed E-state index contributed by atoms with van der Waals surface area (Å²) >= 11 is 1.63. The van der Waals surface area contributed by atoms with Crippen molar-refractivity contribution in [2.45, 2.75) is 40.3 Å². The van der Waals surface area contributed by atoms with Gasteiger partial charge in [-0.05, 0) is 48.9 Å². The molecule has 6 heteroatoms. The summed E-state index contributed by atoms with van der Waals surface area (Å²) in [6.45, 7) is 7.61. The zero-order valence-electron chi connectivity index (χ0n) is 19.0. The van der Waals surface area contributed by atoms with E-state index in [1.54, 1.807) is 16.2 Å². The molecular weight excluding hydrogens is 418 g/mol. The number of carbonyl (C=O) groups excluding carboxylic acids is 2. The van der Waals surface area contributed by atoms with Crippen LogP contribution in [0.1, 0.15) is 34.9 Å². The van der Waals surface area contributed by atoms with Crippen LogP contribution in [0.25, 0.3) is 0 Å². The molecule has 0 unspecified atom stereocenters. The maximum absolute atomic E-state index is 13.3. The molecule has 2 aromatic carbocycles. The molecule has 1 aromatic heterocycles. The van der Waals surface area contributed by atoms with Crippen molar-refractivity contribution in [3.8, 4) is 0 Å². The Balaban J connectivity index is 1.73. The molecule has 0 atom stereocenters. The van der Waals surface area contributed by atoms with Crippen molar-refractivity contribution in [1.29, 1.82) is 0 Å². The lowest BCUT2D eigenvalue weighted by Crippen LogP contribution is -2.44. The summed E-state index contributed by atoms with van der Waals surface area (Å²) in [5.41, 5.74) is 3.99. The van der Waals surface area contributed by atoms with Crippen LogP contribution in [-0.2, 0) is 17.9 Å². The van der Waals surface area contributed by atoms with Crippen LogP contribution in [0, 0.1) is 13.8 Å². The maximum atomic E-state index is 13.3. The summed E-state index contributed by atoms with van der Waals surface area (Å²) < 4.78 is 0. The molecule has 0 saturated heterocycles. The Morgan fingerprint density at radius 3 is 2.38 bits per heavy atom. The zero-order valence-corrected chi connectivity index (χ0v) is 19.8. The second-order valence-corrected chi connectivity index (χ2v) is 9.02. The first-order valence-corrected chi connectivity index (χ1v) is 11.8. The molecule has 3 rings (SSSR count). The average molecular weight is 450 g/mol. The van der Waals surface area contributed by atoms with Gasteiger partial charge in [0.05, 0.1) is 6.54 Å². The molecule has 0 saturated carbocycles. The van der Waals surface area contributed by atoms with Crippen LogP contribution in [0.5, 0.6) is 0 Å². The highest BCUT2D eigenvalue weighted by molar-refractivity contribution is 7.09. The Morgan fingerprint density at radius 2 is 1.72 bits per heavy atom. The van der Waals surface area contributed by atoms with Gasteiger partial charge in [0, 0.05) is 23.7 Å². The number of urea groups is 1. The number of hydrogen-bond donors (Lipinski definition) is 1. The standard InChI is InChI=1S/C26H31N3O2S/c1-4-14-28(26(31)27-24-13-12-20(2)16-21(24)3)19-25(30)29(18-23-11-8-15-32-23)17-22-9-6-5-7-10-22/h5-13,15-16H,4,14,17-19H2,1-3H3,(H,27,31). The molecule has 0 aliphatic rings. The minimum atomic E-state index is -0.247. The predicted molar refractivity (Wildman–Crippen MR) is 132 cm³/mol. The molecule has 168 valence electrons. The molecule has 0 spiro atoms. The van der Waals surface area contributed by atoms with Crippen molar-refractivity contribution >= 4 is 29.0 Å². The van der Waals surface area contributed by atoms with Gasteiger partial charge in [0.25, 0.3) is 0 Å². The van der Waals surface area contributed by atoms with E-state index < -0.39 is 0 Å². The Hall–Kier alpha value is -3.12. The third-order valence-corrected chi connectivity index (χ3v) is 6.09. The normalized spacial score (nSPS) is 10.6. The van der Waals surface area contributed by atoms with Gasteiger partial charge in [-0.2, -0.15) is 0 Å². The quantitative estimate of drug-likeness (QED) is 0.446. The van der Waals surface area contributed by atoms with Crippen LogP contribution in [0.2, 0.25) is 0 Å². The Bertz CT molecular complexity index is 1020. The molecule has 0 fully saturated rings. The third kappa shape index (κ3) is 6.69. The number of aryl methyl sites for hydroxylation is 2. The van der Waals surface area contributed by atoms with E-state index in [9.17, 15) is 9.59 Å². The van der Waals surface area contributed by atoms with Gasteiger partial charge in [-0.1, -0.05) is 61.0 Å². The fourth-order valence-corrected chi connectivity index (χ4v) is 4.28. The van der Waals surface area contributed by atoms with Gasteiger partial charge in [0.1, 0.15) is 6.54 Å². The highest BCUT2D eigenvalue weighted by Gasteiger charge is 2.22. The van der Waals surface area contributed by atoms with Gasteiger partial charge in [0.2, 0.25) is 5.91 Å². The summed E-state index contributed by atoms with van der Waals surface area (Å²) in [6.07, 6.45) is 0.775. The first-order chi connectivity index (χ1) is 15.5. The van der Waals surface area contributed by atoms with E-state index in [4.69, 9.17) is 0 Å². The molecule has 1 heterocycles. The van der Waals surface area contributed by atoms with E-state index in [1.165, 1.54) is 0 Å². The summed E-state index contributed by atoms with van der Waals surface area (Å²) in [4.78, 5) is 30.9. The van der Waals surface area contributed by atoms with Gasteiger partial charge in [0.15, 0.2) is 0 Å². The van der Waals surface area contributed by atoms with Crippen molar-refractivity contribution < 1.29 is 9.59 Å². The molecule has 32 heavy (non-hydrogen) atoms. The molecule has 0 aliphatic carbocycles. The lowest BCUT2D eigenvalue weighted by atomic mass is 10.1. The van der Waals surface area contributed by atoms with Gasteiger partial charge >= 0.3 is 6.03 Å².